The molecular weight excluding hydrogens is 488 g/mol. The molecule has 0 radical (unpaired) electrons. The molecule has 206 valence electrons. The number of aryl methyl sites for hydroxylation is 1. The van der Waals surface area contributed by atoms with Gasteiger partial charge in [0, 0.05) is 11.7 Å². The third kappa shape index (κ3) is 8.50. The van der Waals surface area contributed by atoms with E-state index in [-0.39, 0.29) is 0 Å². The molecular formula is C28H38N4O6. The SMILES string of the molecule is COc1ccc(NC(=O)C(c2ccccc2C)N(C(=O)C(CC(N)=O)NC(=O)OC(C)(C)C)C(C)C)cc1. The molecule has 2 rings (SSSR count). The van der Waals surface area contributed by atoms with Crippen LogP contribution in [0.4, 0.5) is 10.5 Å². The van der Waals surface area contributed by atoms with E-state index in [0.717, 1.165) is 5.56 Å². The van der Waals surface area contributed by atoms with Gasteiger partial charge in [0.25, 0.3) is 5.91 Å². The first-order chi connectivity index (χ1) is 17.7. The Kier molecular flexibility index (Phi) is 10.3. The molecule has 10 nitrogen and oxygen atoms in total. The predicted octanol–water partition coefficient (Wildman–Crippen LogP) is 3.69. The van der Waals surface area contributed by atoms with Crippen molar-refractivity contribution in [3.63, 3.8) is 0 Å². The second-order valence-corrected chi connectivity index (χ2v) is 10.2. The minimum Gasteiger partial charge on any atom is -0.497 e. The second kappa shape index (κ2) is 12.9. The number of alkyl carbamates (subject to hydrolysis) is 1. The highest BCUT2D eigenvalue weighted by molar-refractivity contribution is 6.00. The molecule has 2 atom stereocenters. The zero-order chi connectivity index (χ0) is 28.6. The van der Waals surface area contributed by atoms with E-state index in [1.54, 1.807) is 78.1 Å². The van der Waals surface area contributed by atoms with Crippen molar-refractivity contribution in [1.82, 2.24) is 10.2 Å². The van der Waals surface area contributed by atoms with Crippen LogP contribution in [0.3, 0.4) is 0 Å². The maximum absolute atomic E-state index is 13.9. The molecule has 2 aromatic carbocycles. The highest BCUT2D eigenvalue weighted by Gasteiger charge is 2.39. The summed E-state index contributed by atoms with van der Waals surface area (Å²) in [6.45, 7) is 10.4. The Morgan fingerprint density at radius 3 is 2.11 bits per heavy atom. The van der Waals surface area contributed by atoms with Gasteiger partial charge in [0.2, 0.25) is 11.8 Å². The van der Waals surface area contributed by atoms with Crippen LogP contribution in [0, 0.1) is 6.92 Å². The zero-order valence-electron chi connectivity index (χ0n) is 23.0. The summed E-state index contributed by atoms with van der Waals surface area (Å²) in [5.41, 5.74) is 6.47. The third-order valence-electron chi connectivity index (χ3n) is 5.57. The van der Waals surface area contributed by atoms with Gasteiger partial charge < -0.3 is 30.7 Å². The first-order valence-corrected chi connectivity index (χ1v) is 12.3. The van der Waals surface area contributed by atoms with E-state index in [0.29, 0.717) is 17.0 Å². The predicted molar refractivity (Wildman–Crippen MR) is 144 cm³/mol. The van der Waals surface area contributed by atoms with Crippen LogP contribution >= 0.6 is 0 Å². The van der Waals surface area contributed by atoms with E-state index in [9.17, 15) is 19.2 Å². The Hall–Kier alpha value is -4.08. The van der Waals surface area contributed by atoms with Crippen molar-refractivity contribution in [2.45, 2.75) is 71.7 Å². The van der Waals surface area contributed by atoms with Crippen LogP contribution in [-0.4, -0.2) is 53.5 Å². The number of nitrogens with zero attached hydrogens (tertiary/aromatic N) is 1. The Morgan fingerprint density at radius 2 is 1.61 bits per heavy atom. The van der Waals surface area contributed by atoms with E-state index >= 15 is 0 Å². The molecule has 0 aliphatic heterocycles. The number of primary amides is 1. The molecule has 0 saturated carbocycles. The molecule has 0 aliphatic carbocycles. The third-order valence-corrected chi connectivity index (χ3v) is 5.57. The molecule has 0 heterocycles. The van der Waals surface area contributed by atoms with E-state index in [1.807, 2.05) is 19.1 Å². The average Bonchev–Trinajstić information content (AvgIpc) is 2.81. The molecule has 2 aromatic rings. The van der Waals surface area contributed by atoms with Crippen molar-refractivity contribution in [3.05, 3.63) is 59.7 Å². The van der Waals surface area contributed by atoms with Crippen molar-refractivity contribution in [3.8, 4) is 5.75 Å². The average molecular weight is 527 g/mol. The van der Waals surface area contributed by atoms with E-state index < -0.39 is 54.0 Å². The van der Waals surface area contributed by atoms with Crippen molar-refractivity contribution >= 4 is 29.5 Å². The van der Waals surface area contributed by atoms with Crippen molar-refractivity contribution in [2.75, 3.05) is 12.4 Å². The number of hydrogen-bond acceptors (Lipinski definition) is 6. The lowest BCUT2D eigenvalue weighted by molar-refractivity contribution is -0.143. The summed E-state index contributed by atoms with van der Waals surface area (Å²) in [6, 6.07) is 11.1. The van der Waals surface area contributed by atoms with Gasteiger partial charge in [-0.15, -0.1) is 0 Å². The number of methoxy groups -OCH3 is 1. The fourth-order valence-electron chi connectivity index (χ4n) is 3.91. The summed E-state index contributed by atoms with van der Waals surface area (Å²) < 4.78 is 10.5. The van der Waals surface area contributed by atoms with Crippen LogP contribution in [0.5, 0.6) is 5.75 Å². The summed E-state index contributed by atoms with van der Waals surface area (Å²) in [5.74, 6) is -1.29. The maximum Gasteiger partial charge on any atom is 0.408 e. The Bertz CT molecular complexity index is 1140. The highest BCUT2D eigenvalue weighted by Crippen LogP contribution is 2.29. The topological polar surface area (TPSA) is 140 Å². The van der Waals surface area contributed by atoms with Gasteiger partial charge in [-0.1, -0.05) is 24.3 Å². The van der Waals surface area contributed by atoms with Crippen LogP contribution in [0.15, 0.2) is 48.5 Å². The van der Waals surface area contributed by atoms with Crippen LogP contribution < -0.4 is 21.1 Å². The van der Waals surface area contributed by atoms with E-state index in [4.69, 9.17) is 15.2 Å². The number of rotatable bonds is 10. The van der Waals surface area contributed by atoms with Gasteiger partial charge in [-0.3, -0.25) is 14.4 Å². The number of nitrogens with one attached hydrogen (secondary N) is 2. The largest absolute Gasteiger partial charge is 0.497 e. The Labute approximate surface area is 223 Å². The fraction of sp³-hybridized carbons (Fsp3) is 0.429. The number of anilines is 1. The normalized spacial score (nSPS) is 12.7. The number of nitrogens with two attached hydrogens (primary N) is 1. The van der Waals surface area contributed by atoms with E-state index in [1.165, 1.54) is 4.90 Å². The van der Waals surface area contributed by atoms with Gasteiger partial charge in [-0.2, -0.15) is 0 Å². The summed E-state index contributed by atoms with van der Waals surface area (Å²) in [4.78, 5) is 53.5. The lowest BCUT2D eigenvalue weighted by Crippen LogP contribution is -2.55. The quantitative estimate of drug-likeness (QED) is 0.431. The molecule has 0 aromatic heterocycles. The fourth-order valence-corrected chi connectivity index (χ4v) is 3.91. The van der Waals surface area contributed by atoms with Gasteiger partial charge in [0.15, 0.2) is 0 Å². The first-order valence-electron chi connectivity index (χ1n) is 12.3. The van der Waals surface area contributed by atoms with Gasteiger partial charge in [-0.05, 0) is 76.9 Å². The summed E-state index contributed by atoms with van der Waals surface area (Å²) >= 11 is 0. The van der Waals surface area contributed by atoms with Crippen LogP contribution in [0.1, 0.15) is 58.2 Å². The Morgan fingerprint density at radius 1 is 1.00 bits per heavy atom. The van der Waals surface area contributed by atoms with Crippen molar-refractivity contribution < 1.29 is 28.7 Å². The van der Waals surface area contributed by atoms with Crippen LogP contribution in [0.2, 0.25) is 0 Å². The Balaban J connectivity index is 2.52. The lowest BCUT2D eigenvalue weighted by Gasteiger charge is -2.37. The second-order valence-electron chi connectivity index (χ2n) is 10.2. The summed E-state index contributed by atoms with van der Waals surface area (Å²) in [7, 11) is 1.54. The molecule has 4 N–H and O–H groups in total. The summed E-state index contributed by atoms with van der Waals surface area (Å²) in [5, 5.41) is 5.33. The van der Waals surface area contributed by atoms with Crippen LogP contribution in [-0.2, 0) is 19.1 Å². The molecule has 10 heteroatoms. The molecule has 38 heavy (non-hydrogen) atoms. The number of benzene rings is 2. The number of carbonyl (C=O) groups excluding carboxylic acids is 4. The smallest absolute Gasteiger partial charge is 0.408 e. The minimum atomic E-state index is -1.34. The van der Waals surface area contributed by atoms with Gasteiger partial charge in [0.05, 0.1) is 13.5 Å². The first kappa shape index (κ1) is 30.1. The lowest BCUT2D eigenvalue weighted by atomic mass is 9.96. The van der Waals surface area contributed by atoms with E-state index in [2.05, 4.69) is 10.6 Å². The molecule has 2 unspecified atom stereocenters. The van der Waals surface area contributed by atoms with Gasteiger partial charge >= 0.3 is 6.09 Å². The number of amides is 4. The zero-order valence-corrected chi connectivity index (χ0v) is 23.0. The molecule has 0 saturated heterocycles. The standard InChI is InChI=1S/C28H38N4O6/c1-17(2)32(26(35)22(16-23(29)33)31-27(36)38-28(4,5)6)24(21-11-9-8-10-18(21)3)25(34)30-19-12-14-20(37-7)15-13-19/h8-15,17,22,24H,16H2,1-7H3,(H2,29,33)(H,30,34)(H,31,36). The van der Waals surface area contributed by atoms with Crippen molar-refractivity contribution in [2.24, 2.45) is 5.73 Å². The summed E-state index contributed by atoms with van der Waals surface area (Å²) in [6.07, 6.45) is -1.35. The maximum atomic E-state index is 13.9. The number of carbonyl (C=O) groups is 4. The minimum absolute atomic E-state index is 0.470. The molecule has 0 bridgehead atoms. The monoisotopic (exact) mass is 526 g/mol. The molecule has 4 amide bonds. The molecule has 0 fully saturated rings. The number of ether oxygens (including phenoxy) is 2. The highest BCUT2D eigenvalue weighted by atomic mass is 16.6. The van der Waals surface area contributed by atoms with Crippen LogP contribution in [0.25, 0.3) is 0 Å². The number of hydrogen-bond donors (Lipinski definition) is 3. The molecule has 0 aliphatic rings. The van der Waals surface area contributed by atoms with Gasteiger partial charge in [0.1, 0.15) is 23.4 Å². The van der Waals surface area contributed by atoms with Crippen molar-refractivity contribution in [1.29, 1.82) is 0 Å². The van der Waals surface area contributed by atoms with Gasteiger partial charge in [-0.25, -0.2) is 4.79 Å². The molecule has 0 spiro atoms.